The highest BCUT2D eigenvalue weighted by molar-refractivity contribution is 4.98. The van der Waals surface area contributed by atoms with Crippen LogP contribution in [0, 0.1) is 0 Å². The molecule has 1 aliphatic rings. The first-order chi connectivity index (χ1) is 5.84. The van der Waals surface area contributed by atoms with E-state index in [0.717, 1.165) is 25.5 Å². The van der Waals surface area contributed by atoms with E-state index in [1.54, 1.807) is 0 Å². The Morgan fingerprint density at radius 1 is 1.75 bits per heavy atom. The first kappa shape index (κ1) is 7.76. The summed E-state index contributed by atoms with van der Waals surface area (Å²) in [7, 11) is 1.93. The zero-order valence-electron chi connectivity index (χ0n) is 7.16. The van der Waals surface area contributed by atoms with Crippen molar-refractivity contribution in [3.8, 4) is 0 Å². The lowest BCUT2D eigenvalue weighted by atomic mass is 10.2. The molecule has 1 aliphatic heterocycles. The second kappa shape index (κ2) is 3.25. The summed E-state index contributed by atoms with van der Waals surface area (Å²) in [5.74, 6) is 0. The van der Waals surface area contributed by atoms with Crippen molar-refractivity contribution in [2.24, 2.45) is 7.05 Å². The minimum Gasteiger partial charge on any atom is -0.378 e. The van der Waals surface area contributed by atoms with Gasteiger partial charge in [-0.2, -0.15) is 5.10 Å². The van der Waals surface area contributed by atoms with Crippen molar-refractivity contribution in [1.29, 1.82) is 0 Å². The predicted molar refractivity (Wildman–Crippen MR) is 44.7 cm³/mol. The van der Waals surface area contributed by atoms with Crippen molar-refractivity contribution in [2.75, 3.05) is 13.2 Å². The molecule has 1 fully saturated rings. The van der Waals surface area contributed by atoms with Crippen molar-refractivity contribution in [2.45, 2.75) is 12.6 Å². The fourth-order valence-electron chi connectivity index (χ4n) is 1.16. The summed E-state index contributed by atoms with van der Waals surface area (Å²) in [6.45, 7) is 2.52. The Morgan fingerprint density at radius 3 is 3.08 bits per heavy atom. The molecule has 4 heteroatoms. The summed E-state index contributed by atoms with van der Waals surface area (Å²) in [6, 6.07) is 2.55. The zero-order valence-corrected chi connectivity index (χ0v) is 7.16. The Morgan fingerprint density at radius 2 is 2.58 bits per heavy atom. The Hall–Kier alpha value is -0.870. The summed E-state index contributed by atoms with van der Waals surface area (Å²) in [5.41, 5.74) is 1.09. The smallest absolute Gasteiger partial charge is 0.0762 e. The molecule has 1 aromatic rings. The van der Waals surface area contributed by atoms with Crippen LogP contribution in [0.4, 0.5) is 0 Å². The molecule has 66 valence electrons. The lowest BCUT2D eigenvalue weighted by Gasteiger charge is -2.26. The maximum atomic E-state index is 5.04. The second-order valence-corrected chi connectivity index (χ2v) is 3.10. The van der Waals surface area contributed by atoms with E-state index in [4.69, 9.17) is 4.74 Å². The predicted octanol–water partition coefficient (Wildman–Crippen LogP) is -0.0915. The Balaban J connectivity index is 1.79. The molecule has 1 saturated heterocycles. The quantitative estimate of drug-likeness (QED) is 0.683. The van der Waals surface area contributed by atoms with Gasteiger partial charge >= 0.3 is 0 Å². The molecule has 0 aromatic carbocycles. The molecule has 1 N–H and O–H groups in total. The lowest BCUT2D eigenvalue weighted by Crippen LogP contribution is -2.45. The summed E-state index contributed by atoms with van der Waals surface area (Å²) in [4.78, 5) is 0. The number of ether oxygens (including phenoxy) is 1. The Kier molecular flexibility index (Phi) is 2.10. The molecule has 2 rings (SSSR count). The fourth-order valence-corrected chi connectivity index (χ4v) is 1.16. The molecule has 0 saturated carbocycles. The maximum absolute atomic E-state index is 5.04. The highest BCUT2D eigenvalue weighted by Crippen LogP contribution is 2.01. The molecular formula is C8H13N3O. The van der Waals surface area contributed by atoms with Gasteiger partial charge in [-0.3, -0.25) is 4.68 Å². The number of rotatable bonds is 3. The number of nitrogens with one attached hydrogen (secondary N) is 1. The monoisotopic (exact) mass is 167 g/mol. The summed E-state index contributed by atoms with van der Waals surface area (Å²) >= 11 is 0. The summed E-state index contributed by atoms with van der Waals surface area (Å²) in [5, 5.41) is 7.60. The van der Waals surface area contributed by atoms with Crippen molar-refractivity contribution >= 4 is 0 Å². The topological polar surface area (TPSA) is 39.1 Å². The number of hydrogen-bond donors (Lipinski definition) is 1. The van der Waals surface area contributed by atoms with E-state index in [-0.39, 0.29) is 0 Å². The Bertz CT molecular complexity index is 255. The molecule has 0 atom stereocenters. The van der Waals surface area contributed by atoms with Crippen LogP contribution in [-0.4, -0.2) is 29.0 Å². The van der Waals surface area contributed by atoms with Gasteiger partial charge in [-0.25, -0.2) is 0 Å². The number of aromatic nitrogens is 2. The average Bonchev–Trinajstić information content (AvgIpc) is 2.32. The van der Waals surface area contributed by atoms with E-state index in [1.165, 1.54) is 0 Å². The highest BCUT2D eigenvalue weighted by Gasteiger charge is 2.17. The van der Waals surface area contributed by atoms with Gasteiger partial charge < -0.3 is 10.1 Å². The molecule has 0 amide bonds. The molecule has 0 spiro atoms. The largest absolute Gasteiger partial charge is 0.378 e. The summed E-state index contributed by atoms with van der Waals surface area (Å²) < 4.78 is 6.85. The van der Waals surface area contributed by atoms with Crippen LogP contribution in [0.1, 0.15) is 5.69 Å². The van der Waals surface area contributed by atoms with Crippen molar-refractivity contribution in [3.63, 3.8) is 0 Å². The molecule has 0 unspecified atom stereocenters. The number of aryl methyl sites for hydroxylation is 1. The van der Waals surface area contributed by atoms with E-state index < -0.39 is 0 Å². The number of hydrogen-bond acceptors (Lipinski definition) is 3. The third-order valence-corrected chi connectivity index (χ3v) is 1.98. The van der Waals surface area contributed by atoms with Crippen LogP contribution in [0.2, 0.25) is 0 Å². The van der Waals surface area contributed by atoms with Crippen LogP contribution in [0.3, 0.4) is 0 Å². The SMILES string of the molecule is Cn1ccc(CNC2COC2)n1. The zero-order chi connectivity index (χ0) is 8.39. The standard InChI is InChI=1S/C8H13N3O/c1-11-3-2-7(10-11)4-9-8-5-12-6-8/h2-3,8-9H,4-6H2,1H3. The molecule has 4 nitrogen and oxygen atoms in total. The van der Waals surface area contributed by atoms with Gasteiger partial charge in [0.1, 0.15) is 0 Å². The van der Waals surface area contributed by atoms with Gasteiger partial charge in [0.05, 0.1) is 24.9 Å². The minimum atomic E-state index is 0.534. The van der Waals surface area contributed by atoms with Crippen molar-refractivity contribution in [1.82, 2.24) is 15.1 Å². The molecule has 0 aliphatic carbocycles. The van der Waals surface area contributed by atoms with Crippen molar-refractivity contribution in [3.05, 3.63) is 18.0 Å². The van der Waals surface area contributed by atoms with E-state index in [9.17, 15) is 0 Å². The number of nitrogens with zero attached hydrogens (tertiary/aromatic N) is 2. The third kappa shape index (κ3) is 1.65. The minimum absolute atomic E-state index is 0.534. The van der Waals surface area contributed by atoms with Crippen LogP contribution in [0.5, 0.6) is 0 Å². The van der Waals surface area contributed by atoms with E-state index in [1.807, 2.05) is 24.0 Å². The highest BCUT2D eigenvalue weighted by atomic mass is 16.5. The van der Waals surface area contributed by atoms with Gasteiger partial charge in [-0.05, 0) is 6.07 Å². The first-order valence-corrected chi connectivity index (χ1v) is 4.14. The van der Waals surface area contributed by atoms with E-state index in [0.29, 0.717) is 6.04 Å². The average molecular weight is 167 g/mol. The van der Waals surface area contributed by atoms with Gasteiger partial charge in [0, 0.05) is 19.8 Å². The summed E-state index contributed by atoms with van der Waals surface area (Å²) in [6.07, 6.45) is 1.95. The normalized spacial score (nSPS) is 17.8. The van der Waals surface area contributed by atoms with Crippen LogP contribution < -0.4 is 5.32 Å². The van der Waals surface area contributed by atoms with Gasteiger partial charge in [-0.1, -0.05) is 0 Å². The van der Waals surface area contributed by atoms with Gasteiger partial charge in [0.15, 0.2) is 0 Å². The molecule has 2 heterocycles. The van der Waals surface area contributed by atoms with Crippen LogP contribution in [0.15, 0.2) is 12.3 Å². The van der Waals surface area contributed by atoms with E-state index in [2.05, 4.69) is 10.4 Å². The molecule has 12 heavy (non-hydrogen) atoms. The lowest BCUT2D eigenvalue weighted by molar-refractivity contribution is -0.00592. The molecule has 0 bridgehead atoms. The Labute approximate surface area is 71.5 Å². The van der Waals surface area contributed by atoms with Gasteiger partial charge in [0.25, 0.3) is 0 Å². The third-order valence-electron chi connectivity index (χ3n) is 1.98. The van der Waals surface area contributed by atoms with Gasteiger partial charge in [0.2, 0.25) is 0 Å². The molecule has 1 aromatic heterocycles. The van der Waals surface area contributed by atoms with Crippen LogP contribution >= 0.6 is 0 Å². The van der Waals surface area contributed by atoms with Crippen LogP contribution in [-0.2, 0) is 18.3 Å². The second-order valence-electron chi connectivity index (χ2n) is 3.10. The molecule has 0 radical (unpaired) electrons. The fraction of sp³-hybridized carbons (Fsp3) is 0.625. The first-order valence-electron chi connectivity index (χ1n) is 4.14. The van der Waals surface area contributed by atoms with Gasteiger partial charge in [-0.15, -0.1) is 0 Å². The van der Waals surface area contributed by atoms with E-state index >= 15 is 0 Å². The maximum Gasteiger partial charge on any atom is 0.0762 e. The van der Waals surface area contributed by atoms with Crippen molar-refractivity contribution < 1.29 is 4.74 Å². The molecular weight excluding hydrogens is 154 g/mol. The van der Waals surface area contributed by atoms with Crippen LogP contribution in [0.25, 0.3) is 0 Å².